The van der Waals surface area contributed by atoms with Crippen molar-refractivity contribution in [1.82, 2.24) is 0 Å². The second-order valence-electron chi connectivity index (χ2n) is 6.19. The highest BCUT2D eigenvalue weighted by molar-refractivity contribution is 5.35. The summed E-state index contributed by atoms with van der Waals surface area (Å²) in [5.41, 5.74) is 0.341. The summed E-state index contributed by atoms with van der Waals surface area (Å²) in [6, 6.07) is 0.327. The number of carbonyl (C=O) groups excluding carboxylic acids is 2. The highest BCUT2D eigenvalue weighted by Gasteiger charge is 2.63. The van der Waals surface area contributed by atoms with Crippen molar-refractivity contribution in [2.45, 2.75) is 51.1 Å². The van der Waals surface area contributed by atoms with E-state index in [0.717, 1.165) is 25.7 Å². The van der Waals surface area contributed by atoms with Gasteiger partial charge in [0.05, 0.1) is 12.1 Å². The summed E-state index contributed by atoms with van der Waals surface area (Å²) in [7, 11) is 0. The quantitative estimate of drug-likeness (QED) is 0.566. The maximum absolute atomic E-state index is 10.5. The van der Waals surface area contributed by atoms with Gasteiger partial charge in [-0.2, -0.15) is 0 Å². The van der Waals surface area contributed by atoms with E-state index in [1.807, 2.05) is 0 Å². The number of fused-ring (bicyclic) bond motifs is 5. The molecule has 3 fully saturated rings. The first-order chi connectivity index (χ1) is 8.74. The zero-order valence-electron chi connectivity index (χ0n) is 10.6. The minimum atomic E-state index is 0.158. The molecule has 2 bridgehead atoms. The molecular weight excluding hydrogens is 228 g/mol. The number of aliphatic imine (C=N–C) groups is 2. The minimum absolute atomic E-state index is 0.158. The largest absolute Gasteiger partial charge is 0.235 e. The van der Waals surface area contributed by atoms with Crippen molar-refractivity contribution in [2.75, 3.05) is 0 Å². The first kappa shape index (κ1) is 11.8. The number of isocyanates is 2. The van der Waals surface area contributed by atoms with Gasteiger partial charge in [-0.1, -0.05) is 13.3 Å². The molecule has 0 heterocycles. The van der Waals surface area contributed by atoms with Crippen LogP contribution in [0.3, 0.4) is 0 Å². The molecule has 0 amide bonds. The molecule has 6 atom stereocenters. The Balaban J connectivity index is 1.88. The zero-order chi connectivity index (χ0) is 12.8. The van der Waals surface area contributed by atoms with Gasteiger partial charge in [-0.15, -0.1) is 0 Å². The summed E-state index contributed by atoms with van der Waals surface area (Å²) in [6.07, 6.45) is 8.84. The SMILES string of the molecule is CCC12CC(N=C=O)C(C1)C1CC(N=C=O)CC12. The van der Waals surface area contributed by atoms with E-state index in [4.69, 9.17) is 0 Å². The van der Waals surface area contributed by atoms with Crippen molar-refractivity contribution >= 4 is 12.2 Å². The van der Waals surface area contributed by atoms with E-state index in [9.17, 15) is 9.59 Å². The molecule has 3 saturated carbocycles. The van der Waals surface area contributed by atoms with E-state index in [0.29, 0.717) is 23.2 Å². The molecule has 0 aliphatic heterocycles. The molecule has 6 unspecified atom stereocenters. The maximum atomic E-state index is 10.5. The van der Waals surface area contributed by atoms with Crippen molar-refractivity contribution in [1.29, 1.82) is 0 Å². The van der Waals surface area contributed by atoms with Crippen molar-refractivity contribution in [3.63, 3.8) is 0 Å². The molecular formula is C14H18N2O2. The Morgan fingerprint density at radius 2 is 1.89 bits per heavy atom. The van der Waals surface area contributed by atoms with E-state index in [-0.39, 0.29) is 12.1 Å². The van der Waals surface area contributed by atoms with Gasteiger partial charge in [0.15, 0.2) is 0 Å². The molecule has 4 heteroatoms. The molecule has 0 N–H and O–H groups in total. The molecule has 0 saturated heterocycles. The highest BCUT2D eigenvalue weighted by Crippen LogP contribution is 2.67. The molecule has 3 rings (SSSR count). The van der Waals surface area contributed by atoms with E-state index in [2.05, 4.69) is 16.9 Å². The van der Waals surface area contributed by atoms with Crippen LogP contribution in [0.25, 0.3) is 0 Å². The van der Waals surface area contributed by atoms with Crippen LogP contribution in [0.2, 0.25) is 0 Å². The average molecular weight is 246 g/mol. The van der Waals surface area contributed by atoms with Gasteiger partial charge >= 0.3 is 0 Å². The summed E-state index contributed by atoms with van der Waals surface area (Å²) in [5, 5.41) is 0. The predicted octanol–water partition coefficient (Wildman–Crippen LogP) is 2.24. The van der Waals surface area contributed by atoms with Crippen LogP contribution in [0.15, 0.2) is 9.98 Å². The Morgan fingerprint density at radius 1 is 1.11 bits per heavy atom. The molecule has 3 aliphatic rings. The average Bonchev–Trinajstić information content (AvgIpc) is 2.99. The summed E-state index contributed by atoms with van der Waals surface area (Å²) >= 11 is 0. The molecule has 0 aromatic carbocycles. The number of rotatable bonds is 3. The lowest BCUT2D eigenvalue weighted by molar-refractivity contribution is 0.135. The lowest BCUT2D eigenvalue weighted by atomic mass is 9.69. The molecule has 3 aliphatic carbocycles. The fraction of sp³-hybridized carbons (Fsp3) is 0.857. The second-order valence-corrected chi connectivity index (χ2v) is 6.19. The van der Waals surface area contributed by atoms with Crippen LogP contribution in [0.4, 0.5) is 0 Å². The van der Waals surface area contributed by atoms with Gasteiger partial charge in [0.25, 0.3) is 0 Å². The molecule has 0 aromatic heterocycles. The molecule has 4 nitrogen and oxygen atoms in total. The third-order valence-corrected chi connectivity index (χ3v) is 5.83. The minimum Gasteiger partial charge on any atom is -0.211 e. The second kappa shape index (κ2) is 4.15. The van der Waals surface area contributed by atoms with Gasteiger partial charge in [-0.3, -0.25) is 0 Å². The summed E-state index contributed by atoms with van der Waals surface area (Å²) in [5.74, 6) is 1.79. The fourth-order valence-electron chi connectivity index (χ4n) is 5.16. The summed E-state index contributed by atoms with van der Waals surface area (Å²) < 4.78 is 0. The van der Waals surface area contributed by atoms with Crippen LogP contribution >= 0.6 is 0 Å². The Labute approximate surface area is 107 Å². The lowest BCUT2D eigenvalue weighted by Gasteiger charge is -2.37. The zero-order valence-corrected chi connectivity index (χ0v) is 10.6. The van der Waals surface area contributed by atoms with Crippen LogP contribution in [-0.4, -0.2) is 24.2 Å². The first-order valence-corrected chi connectivity index (χ1v) is 6.88. The molecule has 18 heavy (non-hydrogen) atoms. The van der Waals surface area contributed by atoms with Crippen LogP contribution in [-0.2, 0) is 9.59 Å². The van der Waals surface area contributed by atoms with E-state index >= 15 is 0 Å². The van der Waals surface area contributed by atoms with Gasteiger partial charge in [0.2, 0.25) is 12.2 Å². The van der Waals surface area contributed by atoms with Crippen LogP contribution in [0.1, 0.15) is 39.0 Å². The Bertz CT molecular complexity index is 451. The molecule has 0 spiro atoms. The standard InChI is InChI=1S/C14H18N2O2/c1-2-14-5-11(13(6-14)16-8-18)10-3-9(15-7-17)4-12(10)14/h9-13H,2-6H2,1H3. The van der Waals surface area contributed by atoms with Gasteiger partial charge in [-0.25, -0.2) is 19.6 Å². The van der Waals surface area contributed by atoms with Crippen LogP contribution in [0, 0.1) is 23.2 Å². The highest BCUT2D eigenvalue weighted by atomic mass is 16.1. The monoisotopic (exact) mass is 246 g/mol. The van der Waals surface area contributed by atoms with Gasteiger partial charge < -0.3 is 0 Å². The van der Waals surface area contributed by atoms with Crippen molar-refractivity contribution < 1.29 is 9.59 Å². The Hall–Kier alpha value is -1.24. The molecule has 96 valence electrons. The Morgan fingerprint density at radius 3 is 2.56 bits per heavy atom. The van der Waals surface area contributed by atoms with Crippen LogP contribution < -0.4 is 0 Å². The number of hydrogen-bond donors (Lipinski definition) is 0. The third kappa shape index (κ3) is 1.46. The lowest BCUT2D eigenvalue weighted by Crippen LogP contribution is -2.33. The number of nitrogens with zero attached hydrogens (tertiary/aromatic N) is 2. The van der Waals surface area contributed by atoms with Crippen LogP contribution in [0.5, 0.6) is 0 Å². The molecule has 0 radical (unpaired) electrons. The first-order valence-electron chi connectivity index (χ1n) is 6.88. The maximum Gasteiger partial charge on any atom is 0.235 e. The van der Waals surface area contributed by atoms with Gasteiger partial charge in [0.1, 0.15) is 0 Å². The normalized spacial score (nSPS) is 48.4. The summed E-state index contributed by atoms with van der Waals surface area (Å²) in [6.45, 7) is 2.24. The smallest absolute Gasteiger partial charge is 0.211 e. The Kier molecular flexibility index (Phi) is 2.73. The van der Waals surface area contributed by atoms with Gasteiger partial charge in [-0.05, 0) is 48.9 Å². The van der Waals surface area contributed by atoms with Gasteiger partial charge in [0, 0.05) is 0 Å². The van der Waals surface area contributed by atoms with Crippen molar-refractivity contribution in [3.8, 4) is 0 Å². The van der Waals surface area contributed by atoms with E-state index in [1.165, 1.54) is 6.42 Å². The number of hydrogen-bond acceptors (Lipinski definition) is 4. The van der Waals surface area contributed by atoms with Crippen molar-refractivity contribution in [2.24, 2.45) is 33.2 Å². The summed E-state index contributed by atoms with van der Waals surface area (Å²) in [4.78, 5) is 28.9. The fourth-order valence-corrected chi connectivity index (χ4v) is 5.16. The third-order valence-electron chi connectivity index (χ3n) is 5.83. The van der Waals surface area contributed by atoms with E-state index < -0.39 is 0 Å². The topological polar surface area (TPSA) is 58.9 Å². The van der Waals surface area contributed by atoms with E-state index in [1.54, 1.807) is 12.2 Å². The predicted molar refractivity (Wildman–Crippen MR) is 65.5 cm³/mol. The van der Waals surface area contributed by atoms with Crippen molar-refractivity contribution in [3.05, 3.63) is 0 Å². The molecule has 0 aromatic rings.